The van der Waals surface area contributed by atoms with Crippen molar-refractivity contribution in [3.63, 3.8) is 0 Å². The molecule has 0 amide bonds. The Balaban J connectivity index is 3.02. The lowest BCUT2D eigenvalue weighted by Crippen LogP contribution is -2.35. The van der Waals surface area contributed by atoms with Gasteiger partial charge in [-0.15, -0.1) is 5.10 Å². The van der Waals surface area contributed by atoms with Gasteiger partial charge in [-0.05, 0) is 18.6 Å². The first-order valence-electron chi connectivity index (χ1n) is 3.99. The number of nitrogens with two attached hydrogens (primary N) is 2. The van der Waals surface area contributed by atoms with Crippen molar-refractivity contribution in [1.29, 1.82) is 0 Å². The van der Waals surface area contributed by atoms with Gasteiger partial charge >= 0.3 is 0 Å². The summed E-state index contributed by atoms with van der Waals surface area (Å²) in [4.78, 5) is 1.75. The van der Waals surface area contributed by atoms with E-state index in [9.17, 15) is 0 Å². The molecule has 0 unspecified atom stereocenters. The molecule has 4 heteroatoms. The van der Waals surface area contributed by atoms with E-state index in [-0.39, 0.29) is 0 Å². The number of anilines is 1. The summed E-state index contributed by atoms with van der Waals surface area (Å²) in [6, 6.07) is 7.90. The average Bonchev–Trinajstić information content (AvgIpc) is 2.16. The van der Waals surface area contributed by atoms with Crippen molar-refractivity contribution in [2.24, 2.45) is 16.7 Å². The van der Waals surface area contributed by atoms with Crippen LogP contribution >= 0.6 is 0 Å². The summed E-state index contributed by atoms with van der Waals surface area (Å²) >= 11 is 0. The Hall–Kier alpha value is -1.71. The van der Waals surface area contributed by atoms with Gasteiger partial charge in [0, 0.05) is 12.7 Å². The summed E-state index contributed by atoms with van der Waals surface area (Å²) in [5, 5.41) is 3.43. The van der Waals surface area contributed by atoms with E-state index in [1.807, 2.05) is 38.2 Å². The molecule has 4 nitrogen and oxygen atoms in total. The third-order valence-corrected chi connectivity index (χ3v) is 1.95. The molecule has 4 N–H and O–H groups in total. The minimum Gasteiger partial charge on any atom is -0.368 e. The number of nitrogens with zero attached hydrogens (tertiary/aromatic N) is 2. The lowest BCUT2D eigenvalue weighted by Gasteiger charge is -2.19. The predicted molar refractivity (Wildman–Crippen MR) is 55.4 cm³/mol. The molecule has 0 saturated heterocycles. The summed E-state index contributed by atoms with van der Waals surface area (Å²) in [6.07, 6.45) is 0. The Morgan fingerprint density at radius 3 is 2.54 bits per heavy atom. The standard InChI is InChI=1S/C9H14N4/c1-7-5-3-4-6-8(7)13(2)9(10)12-11/h3-6H,11H2,1-2H3,(H2,10,12). The maximum Gasteiger partial charge on any atom is 0.217 e. The van der Waals surface area contributed by atoms with Crippen LogP contribution in [0.15, 0.2) is 29.4 Å². The molecule has 0 atom stereocenters. The van der Waals surface area contributed by atoms with Crippen LogP contribution in [0.4, 0.5) is 5.69 Å². The van der Waals surface area contributed by atoms with E-state index in [1.54, 1.807) is 4.90 Å². The van der Waals surface area contributed by atoms with Crippen molar-refractivity contribution in [2.45, 2.75) is 6.92 Å². The molecule has 0 aliphatic rings. The zero-order valence-electron chi connectivity index (χ0n) is 7.86. The van der Waals surface area contributed by atoms with Crippen LogP contribution in [0.25, 0.3) is 0 Å². The first kappa shape index (κ1) is 9.38. The van der Waals surface area contributed by atoms with Gasteiger partial charge in [0.1, 0.15) is 0 Å². The summed E-state index contributed by atoms with van der Waals surface area (Å²) in [6.45, 7) is 2.01. The summed E-state index contributed by atoms with van der Waals surface area (Å²) in [7, 11) is 1.83. The van der Waals surface area contributed by atoms with Crippen LogP contribution in [0.2, 0.25) is 0 Å². The van der Waals surface area contributed by atoms with E-state index in [2.05, 4.69) is 5.10 Å². The molecule has 0 aliphatic carbocycles. The first-order chi connectivity index (χ1) is 6.16. The van der Waals surface area contributed by atoms with Crippen LogP contribution in [-0.4, -0.2) is 13.0 Å². The van der Waals surface area contributed by atoms with Crippen molar-refractivity contribution in [3.8, 4) is 0 Å². The van der Waals surface area contributed by atoms with Crippen molar-refractivity contribution in [2.75, 3.05) is 11.9 Å². The third-order valence-electron chi connectivity index (χ3n) is 1.95. The quantitative estimate of drug-likeness (QED) is 0.287. The smallest absolute Gasteiger partial charge is 0.217 e. The van der Waals surface area contributed by atoms with Gasteiger partial charge in [-0.3, -0.25) is 0 Å². The van der Waals surface area contributed by atoms with Crippen LogP contribution in [0, 0.1) is 6.92 Å². The largest absolute Gasteiger partial charge is 0.368 e. The van der Waals surface area contributed by atoms with Crippen molar-refractivity contribution < 1.29 is 0 Å². The Morgan fingerprint density at radius 2 is 2.00 bits per heavy atom. The fourth-order valence-electron chi connectivity index (χ4n) is 1.15. The number of hydrazone groups is 1. The van der Waals surface area contributed by atoms with Crippen LogP contribution in [0.1, 0.15) is 5.56 Å². The highest BCUT2D eigenvalue weighted by Gasteiger charge is 2.05. The van der Waals surface area contributed by atoms with Crippen LogP contribution in [0.3, 0.4) is 0 Å². The summed E-state index contributed by atoms with van der Waals surface area (Å²) < 4.78 is 0. The Labute approximate surface area is 77.8 Å². The fraction of sp³-hybridized carbons (Fsp3) is 0.222. The minimum atomic E-state index is 0.300. The first-order valence-corrected chi connectivity index (χ1v) is 3.99. The second kappa shape index (κ2) is 3.80. The van der Waals surface area contributed by atoms with Gasteiger partial charge < -0.3 is 16.5 Å². The van der Waals surface area contributed by atoms with Crippen LogP contribution in [-0.2, 0) is 0 Å². The van der Waals surface area contributed by atoms with Gasteiger partial charge in [-0.1, -0.05) is 18.2 Å². The predicted octanol–water partition coefficient (Wildman–Crippen LogP) is 0.620. The molecule has 0 aromatic heterocycles. The van der Waals surface area contributed by atoms with Gasteiger partial charge in [0.15, 0.2) is 0 Å². The molecule has 0 fully saturated rings. The van der Waals surface area contributed by atoms with Gasteiger partial charge in [0.25, 0.3) is 0 Å². The second-order valence-electron chi connectivity index (χ2n) is 2.83. The molecular formula is C9H14N4. The molecular weight excluding hydrogens is 164 g/mol. The van der Waals surface area contributed by atoms with E-state index < -0.39 is 0 Å². The molecule has 13 heavy (non-hydrogen) atoms. The third kappa shape index (κ3) is 1.90. The number of rotatable bonds is 1. The Kier molecular flexibility index (Phi) is 2.74. The Bertz CT molecular complexity index is 319. The monoisotopic (exact) mass is 178 g/mol. The summed E-state index contributed by atoms with van der Waals surface area (Å²) in [5.74, 6) is 5.38. The highest BCUT2D eigenvalue weighted by molar-refractivity contribution is 5.94. The average molecular weight is 178 g/mol. The van der Waals surface area contributed by atoms with Gasteiger partial charge in [0.05, 0.1) is 0 Å². The van der Waals surface area contributed by atoms with E-state index in [1.165, 1.54) is 0 Å². The lowest BCUT2D eigenvalue weighted by molar-refractivity contribution is 1.14. The van der Waals surface area contributed by atoms with E-state index in [0.717, 1.165) is 11.3 Å². The molecule has 0 radical (unpaired) electrons. The zero-order valence-corrected chi connectivity index (χ0v) is 7.86. The number of benzene rings is 1. The minimum absolute atomic E-state index is 0.300. The molecule has 0 aliphatic heterocycles. The normalized spacial score (nSPS) is 11.4. The van der Waals surface area contributed by atoms with Crippen molar-refractivity contribution in [1.82, 2.24) is 0 Å². The number of hydrogen-bond donors (Lipinski definition) is 2. The number of guanidine groups is 1. The highest BCUT2D eigenvalue weighted by Crippen LogP contribution is 2.16. The number of aryl methyl sites for hydroxylation is 1. The highest BCUT2D eigenvalue weighted by atomic mass is 15.3. The zero-order chi connectivity index (χ0) is 9.84. The molecule has 0 spiro atoms. The molecule has 0 heterocycles. The van der Waals surface area contributed by atoms with Gasteiger partial charge in [-0.2, -0.15) is 0 Å². The van der Waals surface area contributed by atoms with Gasteiger partial charge in [-0.25, -0.2) is 0 Å². The maximum atomic E-state index is 5.57. The number of hydrogen-bond acceptors (Lipinski definition) is 2. The fourth-order valence-corrected chi connectivity index (χ4v) is 1.15. The second-order valence-corrected chi connectivity index (χ2v) is 2.83. The van der Waals surface area contributed by atoms with E-state index in [0.29, 0.717) is 5.96 Å². The van der Waals surface area contributed by atoms with Crippen molar-refractivity contribution >= 4 is 11.6 Å². The maximum absolute atomic E-state index is 5.57. The molecule has 1 rings (SSSR count). The molecule has 0 saturated carbocycles. The lowest BCUT2D eigenvalue weighted by atomic mass is 10.2. The molecule has 1 aromatic rings. The van der Waals surface area contributed by atoms with Crippen molar-refractivity contribution in [3.05, 3.63) is 29.8 Å². The molecule has 70 valence electrons. The van der Waals surface area contributed by atoms with E-state index >= 15 is 0 Å². The van der Waals surface area contributed by atoms with E-state index in [4.69, 9.17) is 11.6 Å². The topological polar surface area (TPSA) is 67.6 Å². The number of para-hydroxylation sites is 1. The van der Waals surface area contributed by atoms with Gasteiger partial charge in [0.2, 0.25) is 5.96 Å². The van der Waals surface area contributed by atoms with Crippen LogP contribution < -0.4 is 16.5 Å². The van der Waals surface area contributed by atoms with Crippen LogP contribution in [0.5, 0.6) is 0 Å². The summed E-state index contributed by atoms with van der Waals surface area (Å²) in [5.41, 5.74) is 7.71. The molecule has 1 aromatic carbocycles. The Morgan fingerprint density at radius 1 is 1.38 bits per heavy atom. The molecule has 0 bridgehead atoms. The SMILES string of the molecule is Cc1ccccc1N(C)C(N)=NN.